The molecule has 0 aromatic rings. The molecule has 2 aliphatic heterocycles. The van der Waals surface area contributed by atoms with Crippen LogP contribution in [-0.2, 0) is 4.79 Å². The average molecular weight is 547 g/mol. The molecule has 0 N–H and O–H groups in total. The SMILES string of the molecule is CCCCCCCC(CCCCC)CN1CC2(CCN(C(=O)C(CCCCCC)CCCCCCC)CC2)C1. The van der Waals surface area contributed by atoms with Gasteiger partial charge in [0.25, 0.3) is 0 Å². The van der Waals surface area contributed by atoms with E-state index in [0.717, 1.165) is 31.8 Å². The second-order valence-electron chi connectivity index (χ2n) is 13.8. The van der Waals surface area contributed by atoms with Crippen LogP contribution >= 0.6 is 0 Å². The monoisotopic (exact) mass is 547 g/mol. The summed E-state index contributed by atoms with van der Waals surface area (Å²) in [5.41, 5.74) is 0.517. The van der Waals surface area contributed by atoms with Crippen LogP contribution in [0.25, 0.3) is 0 Å². The third-order valence-electron chi connectivity index (χ3n) is 10.1. The molecule has 0 radical (unpaired) electrons. The zero-order chi connectivity index (χ0) is 28.2. The van der Waals surface area contributed by atoms with E-state index in [4.69, 9.17) is 0 Å². The zero-order valence-electron chi connectivity index (χ0n) is 27.3. The first-order chi connectivity index (χ1) is 19.1. The number of hydrogen-bond donors (Lipinski definition) is 0. The Kier molecular flexibility index (Phi) is 18.8. The van der Waals surface area contributed by atoms with E-state index >= 15 is 0 Å². The number of carbonyl (C=O) groups is 1. The smallest absolute Gasteiger partial charge is 0.225 e. The summed E-state index contributed by atoms with van der Waals surface area (Å²) in [6, 6.07) is 0. The molecule has 2 atom stereocenters. The van der Waals surface area contributed by atoms with Gasteiger partial charge in [-0.05, 0) is 49.9 Å². The zero-order valence-corrected chi connectivity index (χ0v) is 27.3. The number of unbranched alkanes of at least 4 members (excludes halogenated alkanes) is 13. The maximum atomic E-state index is 13.6. The van der Waals surface area contributed by atoms with Crippen LogP contribution in [0.15, 0.2) is 0 Å². The van der Waals surface area contributed by atoms with Gasteiger partial charge in [-0.2, -0.15) is 0 Å². The highest BCUT2D eigenvalue weighted by molar-refractivity contribution is 5.79. The number of rotatable bonds is 24. The summed E-state index contributed by atoms with van der Waals surface area (Å²) in [4.78, 5) is 18.7. The molecule has 230 valence electrons. The molecule has 0 aromatic heterocycles. The minimum Gasteiger partial charge on any atom is -0.342 e. The summed E-state index contributed by atoms with van der Waals surface area (Å²) < 4.78 is 0. The van der Waals surface area contributed by atoms with E-state index in [2.05, 4.69) is 37.5 Å². The van der Waals surface area contributed by atoms with E-state index in [1.807, 2.05) is 0 Å². The van der Waals surface area contributed by atoms with E-state index in [1.54, 1.807) is 0 Å². The van der Waals surface area contributed by atoms with Crippen molar-refractivity contribution < 1.29 is 4.79 Å². The Balaban J connectivity index is 1.76. The summed E-state index contributed by atoms with van der Waals surface area (Å²) in [6.45, 7) is 15.2. The first kappa shape index (κ1) is 34.6. The Morgan fingerprint density at radius 2 is 1.00 bits per heavy atom. The highest BCUT2D eigenvalue weighted by Crippen LogP contribution is 2.41. The number of nitrogens with zero attached hydrogens (tertiary/aromatic N) is 2. The molecule has 2 unspecified atom stereocenters. The summed E-state index contributed by atoms with van der Waals surface area (Å²) in [5, 5.41) is 0. The number of piperidine rings is 1. The van der Waals surface area contributed by atoms with Crippen molar-refractivity contribution in [3.63, 3.8) is 0 Å². The van der Waals surface area contributed by atoms with Gasteiger partial charge in [0.1, 0.15) is 0 Å². The molecule has 2 aliphatic rings. The maximum absolute atomic E-state index is 13.6. The van der Waals surface area contributed by atoms with Gasteiger partial charge in [-0.1, -0.05) is 137 Å². The van der Waals surface area contributed by atoms with Crippen LogP contribution < -0.4 is 0 Å². The molecule has 3 nitrogen and oxygen atoms in total. The molecule has 2 fully saturated rings. The number of likely N-dealkylation sites (tertiary alicyclic amines) is 2. The maximum Gasteiger partial charge on any atom is 0.225 e. The Hall–Kier alpha value is -0.570. The third kappa shape index (κ3) is 13.8. The van der Waals surface area contributed by atoms with Crippen LogP contribution in [-0.4, -0.2) is 48.4 Å². The van der Waals surface area contributed by atoms with Crippen molar-refractivity contribution in [3.8, 4) is 0 Å². The van der Waals surface area contributed by atoms with Crippen molar-refractivity contribution in [3.05, 3.63) is 0 Å². The van der Waals surface area contributed by atoms with E-state index in [-0.39, 0.29) is 5.92 Å². The molecule has 2 saturated heterocycles. The lowest BCUT2D eigenvalue weighted by molar-refractivity contribution is -0.141. The fourth-order valence-electron chi connectivity index (χ4n) is 7.42. The topological polar surface area (TPSA) is 23.6 Å². The van der Waals surface area contributed by atoms with Crippen molar-refractivity contribution in [2.75, 3.05) is 32.7 Å². The highest BCUT2D eigenvalue weighted by atomic mass is 16.2. The molecule has 3 heteroatoms. The molecule has 2 rings (SSSR count). The fourth-order valence-corrected chi connectivity index (χ4v) is 7.42. The standard InChI is InChI=1S/C36H70N2O/c1-5-9-13-16-19-23-33(22-18-12-8-4)30-37-31-36(32-37)26-28-38(29-27-36)35(39)34(24-20-15-11-7-3)25-21-17-14-10-6-2/h33-34H,5-32H2,1-4H3. The van der Waals surface area contributed by atoms with Gasteiger partial charge in [0, 0.05) is 38.6 Å². The lowest BCUT2D eigenvalue weighted by Gasteiger charge is -2.55. The van der Waals surface area contributed by atoms with Crippen molar-refractivity contribution in [2.24, 2.45) is 17.3 Å². The lowest BCUT2D eigenvalue weighted by Crippen LogP contribution is -2.61. The van der Waals surface area contributed by atoms with E-state index in [1.165, 1.54) is 154 Å². The summed E-state index contributed by atoms with van der Waals surface area (Å²) in [7, 11) is 0. The van der Waals surface area contributed by atoms with Crippen LogP contribution in [0, 0.1) is 17.3 Å². The third-order valence-corrected chi connectivity index (χ3v) is 10.1. The number of carbonyl (C=O) groups excluding carboxylic acids is 1. The van der Waals surface area contributed by atoms with E-state index < -0.39 is 0 Å². The fraction of sp³-hybridized carbons (Fsp3) is 0.972. The van der Waals surface area contributed by atoms with Crippen LogP contribution in [0.3, 0.4) is 0 Å². The molecule has 0 saturated carbocycles. The van der Waals surface area contributed by atoms with Gasteiger partial charge in [0.2, 0.25) is 5.91 Å². The predicted octanol–water partition coefficient (Wildman–Crippen LogP) is 10.4. The largest absolute Gasteiger partial charge is 0.342 e. The van der Waals surface area contributed by atoms with Crippen LogP contribution in [0.2, 0.25) is 0 Å². The molecule has 1 spiro atoms. The minimum atomic E-state index is 0.289. The first-order valence-electron chi connectivity index (χ1n) is 18.1. The van der Waals surface area contributed by atoms with Gasteiger partial charge in [-0.3, -0.25) is 4.79 Å². The number of hydrogen-bond acceptors (Lipinski definition) is 2. The molecule has 0 aliphatic carbocycles. The van der Waals surface area contributed by atoms with Crippen LogP contribution in [0.5, 0.6) is 0 Å². The van der Waals surface area contributed by atoms with Crippen LogP contribution in [0.1, 0.15) is 175 Å². The second kappa shape index (κ2) is 21.2. The van der Waals surface area contributed by atoms with Gasteiger partial charge in [-0.15, -0.1) is 0 Å². The molecular formula is C36H70N2O. The Bertz CT molecular complexity index is 589. The van der Waals surface area contributed by atoms with Gasteiger partial charge in [0.15, 0.2) is 0 Å². The molecule has 0 bridgehead atoms. The quantitative estimate of drug-likeness (QED) is 0.112. The summed E-state index contributed by atoms with van der Waals surface area (Å²) in [6.07, 6.45) is 30.5. The normalized spacial score (nSPS) is 18.8. The first-order valence-corrected chi connectivity index (χ1v) is 18.1. The second-order valence-corrected chi connectivity index (χ2v) is 13.8. The van der Waals surface area contributed by atoms with Crippen LogP contribution in [0.4, 0.5) is 0 Å². The van der Waals surface area contributed by atoms with Gasteiger partial charge < -0.3 is 9.80 Å². The van der Waals surface area contributed by atoms with Crippen molar-refractivity contribution in [1.82, 2.24) is 9.80 Å². The Morgan fingerprint density at radius 3 is 1.51 bits per heavy atom. The Labute approximate surface area is 245 Å². The lowest BCUT2D eigenvalue weighted by atomic mass is 9.71. The minimum absolute atomic E-state index is 0.289. The van der Waals surface area contributed by atoms with Crippen molar-refractivity contribution in [1.29, 1.82) is 0 Å². The van der Waals surface area contributed by atoms with E-state index in [0.29, 0.717) is 11.3 Å². The van der Waals surface area contributed by atoms with Crippen molar-refractivity contribution >= 4 is 5.91 Å². The molecule has 0 aromatic carbocycles. The highest BCUT2D eigenvalue weighted by Gasteiger charge is 2.45. The van der Waals surface area contributed by atoms with E-state index in [9.17, 15) is 4.79 Å². The molecular weight excluding hydrogens is 476 g/mol. The Morgan fingerprint density at radius 1 is 0.590 bits per heavy atom. The molecule has 39 heavy (non-hydrogen) atoms. The molecule has 1 amide bonds. The average Bonchev–Trinajstić information content (AvgIpc) is 2.93. The number of amides is 1. The van der Waals surface area contributed by atoms with Gasteiger partial charge >= 0.3 is 0 Å². The van der Waals surface area contributed by atoms with Gasteiger partial charge in [-0.25, -0.2) is 0 Å². The predicted molar refractivity (Wildman–Crippen MR) is 171 cm³/mol. The summed E-state index contributed by atoms with van der Waals surface area (Å²) in [5.74, 6) is 1.70. The van der Waals surface area contributed by atoms with Crippen molar-refractivity contribution in [2.45, 2.75) is 175 Å². The summed E-state index contributed by atoms with van der Waals surface area (Å²) >= 11 is 0. The van der Waals surface area contributed by atoms with Gasteiger partial charge in [0.05, 0.1) is 0 Å². The molecule has 2 heterocycles.